The van der Waals surface area contributed by atoms with Crippen LogP contribution in [0, 0.1) is 17.2 Å². The summed E-state index contributed by atoms with van der Waals surface area (Å²) in [6.07, 6.45) is 5.66. The third kappa shape index (κ3) is 4.86. The summed E-state index contributed by atoms with van der Waals surface area (Å²) in [5, 5.41) is 10.1. The first-order valence-corrected chi connectivity index (χ1v) is 10.5. The van der Waals surface area contributed by atoms with Crippen molar-refractivity contribution in [1.29, 1.82) is 5.26 Å². The number of fused-ring (bicyclic) bond motifs is 1. The normalized spacial score (nSPS) is 16.7. The molecule has 0 saturated carbocycles. The molecule has 1 aliphatic rings. The van der Waals surface area contributed by atoms with Crippen molar-refractivity contribution < 1.29 is 4.79 Å². The Kier molecular flexibility index (Phi) is 5.95. The Hall–Kier alpha value is -3.06. The molecule has 0 radical (unpaired) electrons. The minimum absolute atomic E-state index is 0.283. The van der Waals surface area contributed by atoms with E-state index in [4.69, 9.17) is 5.26 Å². The van der Waals surface area contributed by atoms with Crippen LogP contribution < -0.4 is 0 Å². The monoisotopic (exact) mass is 385 g/mol. The molecule has 4 heteroatoms. The molecule has 4 nitrogen and oxygen atoms in total. The first-order valence-electron chi connectivity index (χ1n) is 10.5. The van der Waals surface area contributed by atoms with E-state index in [2.05, 4.69) is 52.4 Å². The third-order valence-electron chi connectivity index (χ3n) is 5.88. The number of hydrogen-bond donors (Lipinski definition) is 1. The number of carbonyl (C=O) groups is 1. The molecule has 1 saturated heterocycles. The molecule has 1 aromatic heterocycles. The highest BCUT2D eigenvalue weighted by Gasteiger charge is 2.23. The molecule has 1 fully saturated rings. The number of likely N-dealkylation sites (tertiary alicyclic amines) is 1. The minimum atomic E-state index is 0.283. The molecule has 0 aliphatic carbocycles. The largest absolute Gasteiger partial charge is 0.358 e. The summed E-state index contributed by atoms with van der Waals surface area (Å²) in [7, 11) is 0. The molecule has 1 atom stereocenters. The number of H-pyrrole nitrogens is 1. The molecule has 1 aliphatic heterocycles. The highest BCUT2D eigenvalue weighted by Crippen LogP contribution is 2.22. The molecule has 3 aromatic rings. The number of piperidine rings is 1. The molecule has 1 N–H and O–H groups in total. The Balaban J connectivity index is 1.27. The summed E-state index contributed by atoms with van der Waals surface area (Å²) >= 11 is 0. The zero-order valence-corrected chi connectivity index (χ0v) is 16.7. The van der Waals surface area contributed by atoms with Crippen LogP contribution in [0.25, 0.3) is 10.9 Å². The first kappa shape index (κ1) is 19.3. The number of nitriles is 1. The smallest absolute Gasteiger partial charge is 0.222 e. The zero-order valence-electron chi connectivity index (χ0n) is 16.7. The fourth-order valence-corrected chi connectivity index (χ4v) is 4.39. The van der Waals surface area contributed by atoms with Gasteiger partial charge in [0.2, 0.25) is 5.91 Å². The lowest BCUT2D eigenvalue weighted by atomic mass is 9.91. The average Bonchev–Trinajstić information content (AvgIpc) is 3.16. The van der Waals surface area contributed by atoms with Gasteiger partial charge >= 0.3 is 0 Å². The molecular weight excluding hydrogens is 358 g/mol. The van der Waals surface area contributed by atoms with Crippen LogP contribution in [0.4, 0.5) is 0 Å². The number of aryl methyl sites for hydroxylation is 1. The van der Waals surface area contributed by atoms with Crippen molar-refractivity contribution >= 4 is 16.8 Å². The fraction of sp³-hybridized carbons (Fsp3) is 0.360. The predicted molar refractivity (Wildman–Crippen MR) is 115 cm³/mol. The molecule has 1 unspecified atom stereocenters. The van der Waals surface area contributed by atoms with Gasteiger partial charge in [0.05, 0.1) is 11.6 Å². The number of nitrogens with one attached hydrogen (secondary N) is 1. The van der Waals surface area contributed by atoms with Gasteiger partial charge in [0, 0.05) is 36.1 Å². The van der Waals surface area contributed by atoms with E-state index >= 15 is 0 Å². The second kappa shape index (κ2) is 8.96. The topological polar surface area (TPSA) is 59.9 Å². The van der Waals surface area contributed by atoms with Gasteiger partial charge in [-0.2, -0.15) is 5.26 Å². The number of rotatable bonds is 6. The molecule has 29 heavy (non-hydrogen) atoms. The van der Waals surface area contributed by atoms with E-state index in [9.17, 15) is 4.79 Å². The highest BCUT2D eigenvalue weighted by atomic mass is 16.2. The molecule has 2 heterocycles. The van der Waals surface area contributed by atoms with Gasteiger partial charge in [0.15, 0.2) is 0 Å². The number of aromatic nitrogens is 1. The maximum atomic E-state index is 12.7. The van der Waals surface area contributed by atoms with E-state index in [0.717, 1.165) is 55.4 Å². The number of benzene rings is 2. The van der Waals surface area contributed by atoms with Crippen LogP contribution in [0.15, 0.2) is 54.6 Å². The van der Waals surface area contributed by atoms with Crippen LogP contribution >= 0.6 is 0 Å². The second-order valence-electron chi connectivity index (χ2n) is 8.10. The summed E-state index contributed by atoms with van der Waals surface area (Å²) in [5.74, 6) is 0.851. The number of amides is 1. The molecule has 0 spiro atoms. The van der Waals surface area contributed by atoms with Gasteiger partial charge in [-0.25, -0.2) is 0 Å². The van der Waals surface area contributed by atoms with Crippen molar-refractivity contribution in [3.63, 3.8) is 0 Å². The maximum absolute atomic E-state index is 12.7. The number of nitrogens with zero attached hydrogens (tertiary/aromatic N) is 2. The van der Waals surface area contributed by atoms with Crippen molar-refractivity contribution in [3.8, 4) is 6.07 Å². The van der Waals surface area contributed by atoms with E-state index in [-0.39, 0.29) is 5.91 Å². The summed E-state index contributed by atoms with van der Waals surface area (Å²) in [5.41, 5.74) is 4.21. The molecule has 2 aromatic carbocycles. The van der Waals surface area contributed by atoms with Crippen LogP contribution in [0.1, 0.15) is 42.5 Å². The van der Waals surface area contributed by atoms with Gasteiger partial charge in [0.1, 0.15) is 0 Å². The Morgan fingerprint density at radius 2 is 2.03 bits per heavy atom. The predicted octanol–water partition coefficient (Wildman–Crippen LogP) is 4.84. The van der Waals surface area contributed by atoms with Crippen molar-refractivity contribution in [3.05, 3.63) is 71.4 Å². The lowest BCUT2D eigenvalue weighted by Gasteiger charge is -2.33. The van der Waals surface area contributed by atoms with E-state index in [1.165, 1.54) is 12.0 Å². The number of aromatic amines is 1. The van der Waals surface area contributed by atoms with Crippen LogP contribution in [0.5, 0.6) is 0 Å². The Labute approximate surface area is 172 Å². The lowest BCUT2D eigenvalue weighted by Crippen LogP contribution is -2.40. The second-order valence-corrected chi connectivity index (χ2v) is 8.10. The van der Waals surface area contributed by atoms with Crippen LogP contribution in [-0.2, 0) is 17.6 Å². The minimum Gasteiger partial charge on any atom is -0.358 e. The molecule has 1 amide bonds. The summed E-state index contributed by atoms with van der Waals surface area (Å²) in [6, 6.07) is 20.5. The Morgan fingerprint density at radius 3 is 2.86 bits per heavy atom. The van der Waals surface area contributed by atoms with Gasteiger partial charge in [-0.3, -0.25) is 4.79 Å². The Bertz CT molecular complexity index is 1020. The summed E-state index contributed by atoms with van der Waals surface area (Å²) in [4.78, 5) is 18.2. The van der Waals surface area contributed by atoms with Crippen molar-refractivity contribution in [2.45, 2.75) is 38.5 Å². The average molecular weight is 386 g/mol. The molecular formula is C25H27N3O. The molecule has 4 rings (SSSR count). The number of hydrogen-bond acceptors (Lipinski definition) is 2. The SMILES string of the molecule is N#Cc1ccc2[nH]c(CCCC(=O)N3CCCC(Cc4ccccc4)C3)cc2c1. The zero-order chi connectivity index (χ0) is 20.1. The third-order valence-corrected chi connectivity index (χ3v) is 5.88. The van der Waals surface area contributed by atoms with Crippen molar-refractivity contribution in [2.24, 2.45) is 5.92 Å². The molecule has 0 bridgehead atoms. The first-order chi connectivity index (χ1) is 14.2. The van der Waals surface area contributed by atoms with Gasteiger partial charge < -0.3 is 9.88 Å². The number of carbonyl (C=O) groups excluding carboxylic acids is 1. The van der Waals surface area contributed by atoms with Crippen molar-refractivity contribution in [1.82, 2.24) is 9.88 Å². The van der Waals surface area contributed by atoms with Crippen molar-refractivity contribution in [2.75, 3.05) is 13.1 Å². The summed E-state index contributed by atoms with van der Waals surface area (Å²) in [6.45, 7) is 1.78. The standard InChI is InChI=1S/C25H27N3O/c26-17-20-11-12-24-22(15-20)16-23(27-24)9-4-10-25(29)28-13-5-8-21(18-28)14-19-6-2-1-3-7-19/h1-3,6-7,11-12,15-16,21,27H,4-5,8-10,13-14,18H2. The van der Waals surface area contributed by atoms with Crippen LogP contribution in [0.2, 0.25) is 0 Å². The fourth-order valence-electron chi connectivity index (χ4n) is 4.39. The van der Waals surface area contributed by atoms with Gasteiger partial charge in [0.25, 0.3) is 0 Å². The van der Waals surface area contributed by atoms with Crippen LogP contribution in [0.3, 0.4) is 0 Å². The summed E-state index contributed by atoms with van der Waals surface area (Å²) < 4.78 is 0. The van der Waals surface area contributed by atoms with Gasteiger partial charge in [-0.05, 0) is 67.9 Å². The van der Waals surface area contributed by atoms with E-state index < -0.39 is 0 Å². The van der Waals surface area contributed by atoms with E-state index in [1.54, 1.807) is 0 Å². The Morgan fingerprint density at radius 1 is 1.17 bits per heavy atom. The van der Waals surface area contributed by atoms with Gasteiger partial charge in [-0.1, -0.05) is 30.3 Å². The van der Waals surface area contributed by atoms with E-state index in [1.807, 2.05) is 18.2 Å². The quantitative estimate of drug-likeness (QED) is 0.660. The van der Waals surface area contributed by atoms with Crippen LogP contribution in [-0.4, -0.2) is 28.9 Å². The van der Waals surface area contributed by atoms with Gasteiger partial charge in [-0.15, -0.1) is 0 Å². The highest BCUT2D eigenvalue weighted by molar-refractivity contribution is 5.82. The molecule has 148 valence electrons. The maximum Gasteiger partial charge on any atom is 0.222 e. The van der Waals surface area contributed by atoms with E-state index in [0.29, 0.717) is 17.9 Å². The lowest BCUT2D eigenvalue weighted by molar-refractivity contribution is -0.133.